The molecule has 0 spiro atoms. The van der Waals surface area contributed by atoms with Crippen molar-refractivity contribution in [1.82, 2.24) is 4.98 Å². The van der Waals surface area contributed by atoms with Crippen molar-refractivity contribution in [2.75, 3.05) is 0 Å². The van der Waals surface area contributed by atoms with Gasteiger partial charge in [-0.15, -0.1) is 0 Å². The molecule has 0 unspecified atom stereocenters. The summed E-state index contributed by atoms with van der Waals surface area (Å²) in [5.41, 5.74) is 2.67. The van der Waals surface area contributed by atoms with Gasteiger partial charge in [0.1, 0.15) is 0 Å². The number of H-pyrrole nitrogens is 1. The molecule has 1 N–H and O–H groups in total. The molecule has 3 heteroatoms. The Morgan fingerprint density at radius 3 is 2.78 bits per heavy atom. The first-order valence-electron chi connectivity index (χ1n) is 6.49. The number of para-hydroxylation sites is 1. The predicted octanol–water partition coefficient (Wildman–Crippen LogP) is 4.50. The lowest BCUT2D eigenvalue weighted by atomic mass is 9.94. The molecule has 18 heavy (non-hydrogen) atoms. The number of hydrogen-bond donors (Lipinski definition) is 1. The summed E-state index contributed by atoms with van der Waals surface area (Å²) < 4.78 is 0. The number of rotatable bonds is 2. The molecular formula is C15H16ClNO. The van der Waals surface area contributed by atoms with Crippen molar-refractivity contribution in [3.63, 3.8) is 0 Å². The third-order valence-electron chi connectivity index (χ3n) is 3.94. The van der Waals surface area contributed by atoms with E-state index < -0.39 is 0 Å². The number of aromatic nitrogens is 1. The van der Waals surface area contributed by atoms with Gasteiger partial charge in [0.2, 0.25) is 0 Å². The fourth-order valence-corrected chi connectivity index (χ4v) is 3.24. The lowest BCUT2D eigenvalue weighted by molar-refractivity contribution is 0.0924. The van der Waals surface area contributed by atoms with Crippen molar-refractivity contribution in [2.45, 2.75) is 32.6 Å². The monoisotopic (exact) mass is 261 g/mol. The van der Waals surface area contributed by atoms with Gasteiger partial charge >= 0.3 is 0 Å². The van der Waals surface area contributed by atoms with E-state index in [-0.39, 0.29) is 5.92 Å². The van der Waals surface area contributed by atoms with Crippen LogP contribution in [0.2, 0.25) is 5.02 Å². The molecule has 2 aromatic rings. The Labute approximate surface area is 111 Å². The summed E-state index contributed by atoms with van der Waals surface area (Å²) in [6.07, 6.45) is 4.42. The topological polar surface area (TPSA) is 32.9 Å². The third kappa shape index (κ3) is 1.76. The van der Waals surface area contributed by atoms with Crippen molar-refractivity contribution in [1.29, 1.82) is 0 Å². The van der Waals surface area contributed by atoms with Crippen LogP contribution in [0, 0.1) is 12.8 Å². The van der Waals surface area contributed by atoms with E-state index in [1.807, 2.05) is 25.1 Å². The molecule has 0 atom stereocenters. The van der Waals surface area contributed by atoms with E-state index in [9.17, 15) is 4.79 Å². The summed E-state index contributed by atoms with van der Waals surface area (Å²) in [6.45, 7) is 1.96. The molecule has 1 fully saturated rings. The van der Waals surface area contributed by atoms with Crippen LogP contribution in [0.5, 0.6) is 0 Å². The molecule has 0 amide bonds. The van der Waals surface area contributed by atoms with Crippen LogP contribution in [0.25, 0.3) is 10.9 Å². The number of aromatic amines is 1. The Morgan fingerprint density at radius 1 is 1.33 bits per heavy atom. The van der Waals surface area contributed by atoms with E-state index in [0.717, 1.165) is 35.0 Å². The van der Waals surface area contributed by atoms with Gasteiger partial charge in [-0.3, -0.25) is 4.79 Å². The Morgan fingerprint density at radius 2 is 2.06 bits per heavy atom. The van der Waals surface area contributed by atoms with Gasteiger partial charge in [-0.1, -0.05) is 36.6 Å². The van der Waals surface area contributed by atoms with Crippen LogP contribution in [0.15, 0.2) is 18.2 Å². The maximum Gasteiger partial charge on any atom is 0.168 e. The number of fused-ring (bicyclic) bond motifs is 1. The first-order chi connectivity index (χ1) is 8.68. The minimum Gasteiger partial charge on any atom is -0.357 e. The summed E-state index contributed by atoms with van der Waals surface area (Å²) in [6, 6.07) is 5.74. The highest BCUT2D eigenvalue weighted by atomic mass is 35.5. The van der Waals surface area contributed by atoms with E-state index in [0.29, 0.717) is 10.8 Å². The minimum absolute atomic E-state index is 0.210. The third-order valence-corrected chi connectivity index (χ3v) is 4.26. The van der Waals surface area contributed by atoms with Gasteiger partial charge in [0.25, 0.3) is 0 Å². The van der Waals surface area contributed by atoms with Crippen molar-refractivity contribution in [3.8, 4) is 0 Å². The highest BCUT2D eigenvalue weighted by Crippen LogP contribution is 2.34. The lowest BCUT2D eigenvalue weighted by Crippen LogP contribution is -2.11. The van der Waals surface area contributed by atoms with Gasteiger partial charge in [-0.2, -0.15) is 0 Å². The summed E-state index contributed by atoms with van der Waals surface area (Å²) in [5.74, 6) is 0.500. The highest BCUT2D eigenvalue weighted by molar-refractivity contribution is 6.35. The molecule has 1 aromatic heterocycles. The van der Waals surface area contributed by atoms with Gasteiger partial charge in [0.05, 0.1) is 10.5 Å². The zero-order chi connectivity index (χ0) is 12.7. The van der Waals surface area contributed by atoms with Gasteiger partial charge < -0.3 is 4.98 Å². The number of nitrogens with one attached hydrogen (secondary N) is 1. The number of Topliss-reactive ketones (excluding diaryl/α,β-unsaturated/α-hetero) is 1. The van der Waals surface area contributed by atoms with Crippen LogP contribution in [-0.2, 0) is 0 Å². The second-order valence-electron chi connectivity index (χ2n) is 5.13. The van der Waals surface area contributed by atoms with Crippen LogP contribution in [-0.4, -0.2) is 10.8 Å². The van der Waals surface area contributed by atoms with Crippen molar-refractivity contribution >= 4 is 28.3 Å². The first kappa shape index (κ1) is 11.8. The predicted molar refractivity (Wildman–Crippen MR) is 74.3 cm³/mol. The zero-order valence-electron chi connectivity index (χ0n) is 10.4. The molecule has 0 bridgehead atoms. The van der Waals surface area contributed by atoms with E-state index in [1.165, 1.54) is 12.8 Å². The maximum atomic E-state index is 12.6. The van der Waals surface area contributed by atoms with E-state index in [1.54, 1.807) is 0 Å². The quantitative estimate of drug-likeness (QED) is 0.793. The Kier molecular flexibility index (Phi) is 2.90. The van der Waals surface area contributed by atoms with Gasteiger partial charge in [0, 0.05) is 22.6 Å². The average Bonchev–Trinajstić information content (AvgIpc) is 2.96. The zero-order valence-corrected chi connectivity index (χ0v) is 11.2. The normalized spacial score (nSPS) is 16.6. The number of benzene rings is 1. The lowest BCUT2D eigenvalue weighted by Gasteiger charge is -2.07. The molecule has 1 saturated carbocycles. The number of ketones is 1. The standard InChI is InChI=1S/C15H16ClNO/c1-9-13(15(18)10-5-2-3-6-10)11-7-4-8-12(16)14(11)17-9/h4,7-8,10,17H,2-3,5-6H2,1H3. The molecule has 3 rings (SSSR count). The smallest absolute Gasteiger partial charge is 0.168 e. The number of carbonyl (C=O) groups excluding carboxylic acids is 1. The fraction of sp³-hybridized carbons (Fsp3) is 0.400. The van der Waals surface area contributed by atoms with Gasteiger partial charge in [-0.05, 0) is 25.8 Å². The summed E-state index contributed by atoms with van der Waals surface area (Å²) in [7, 11) is 0. The highest BCUT2D eigenvalue weighted by Gasteiger charge is 2.27. The van der Waals surface area contributed by atoms with Crippen LogP contribution in [0.3, 0.4) is 0 Å². The fourth-order valence-electron chi connectivity index (χ4n) is 3.02. The molecule has 94 valence electrons. The second-order valence-corrected chi connectivity index (χ2v) is 5.54. The van der Waals surface area contributed by atoms with Gasteiger partial charge in [-0.25, -0.2) is 0 Å². The van der Waals surface area contributed by atoms with Gasteiger partial charge in [0.15, 0.2) is 5.78 Å². The first-order valence-corrected chi connectivity index (χ1v) is 6.87. The maximum absolute atomic E-state index is 12.6. The molecule has 0 saturated heterocycles. The SMILES string of the molecule is Cc1[nH]c2c(Cl)cccc2c1C(=O)C1CCCC1. The molecule has 1 aromatic carbocycles. The Hall–Kier alpha value is -1.28. The van der Waals surface area contributed by atoms with Crippen LogP contribution < -0.4 is 0 Å². The van der Waals surface area contributed by atoms with Crippen molar-refractivity contribution in [3.05, 3.63) is 34.5 Å². The summed E-state index contributed by atoms with van der Waals surface area (Å²) >= 11 is 6.16. The Balaban J connectivity index is 2.13. The number of hydrogen-bond acceptors (Lipinski definition) is 1. The number of aryl methyl sites for hydroxylation is 1. The molecule has 1 aliphatic rings. The summed E-state index contributed by atoms with van der Waals surface area (Å²) in [5, 5.41) is 1.65. The van der Waals surface area contributed by atoms with E-state index in [2.05, 4.69) is 4.98 Å². The largest absolute Gasteiger partial charge is 0.357 e. The summed E-state index contributed by atoms with van der Waals surface area (Å²) in [4.78, 5) is 15.8. The molecule has 2 nitrogen and oxygen atoms in total. The van der Waals surface area contributed by atoms with Crippen molar-refractivity contribution in [2.24, 2.45) is 5.92 Å². The minimum atomic E-state index is 0.210. The number of carbonyl (C=O) groups is 1. The molecule has 0 aliphatic heterocycles. The van der Waals surface area contributed by atoms with E-state index in [4.69, 9.17) is 11.6 Å². The Bertz CT molecular complexity index is 608. The van der Waals surface area contributed by atoms with Crippen LogP contribution >= 0.6 is 11.6 Å². The van der Waals surface area contributed by atoms with Crippen LogP contribution in [0.1, 0.15) is 41.7 Å². The molecule has 0 radical (unpaired) electrons. The average molecular weight is 262 g/mol. The second kappa shape index (κ2) is 4.43. The molecule has 1 aliphatic carbocycles. The molecular weight excluding hydrogens is 246 g/mol. The van der Waals surface area contributed by atoms with Crippen molar-refractivity contribution < 1.29 is 4.79 Å². The van der Waals surface area contributed by atoms with E-state index >= 15 is 0 Å². The molecule has 1 heterocycles. The van der Waals surface area contributed by atoms with Crippen LogP contribution in [0.4, 0.5) is 0 Å². The number of halogens is 1.